The molecule has 0 radical (unpaired) electrons. The Kier molecular flexibility index (Phi) is 6.16. The summed E-state index contributed by atoms with van der Waals surface area (Å²) in [6.45, 7) is 0.445. The zero-order valence-corrected chi connectivity index (χ0v) is 16.1. The van der Waals surface area contributed by atoms with Crippen molar-refractivity contribution < 1.29 is 19.1 Å². The van der Waals surface area contributed by atoms with E-state index in [1.807, 2.05) is 0 Å². The van der Waals surface area contributed by atoms with Gasteiger partial charge in [0.25, 0.3) is 5.91 Å². The lowest BCUT2D eigenvalue weighted by Crippen LogP contribution is -2.32. The molecule has 0 unspecified atom stereocenters. The van der Waals surface area contributed by atoms with E-state index < -0.39 is 5.91 Å². The van der Waals surface area contributed by atoms with E-state index in [4.69, 9.17) is 16.3 Å². The molecule has 1 saturated heterocycles. The Labute approximate surface area is 167 Å². The van der Waals surface area contributed by atoms with E-state index in [-0.39, 0.29) is 18.4 Å². The van der Waals surface area contributed by atoms with Crippen molar-refractivity contribution in [2.24, 2.45) is 0 Å². The summed E-state index contributed by atoms with van der Waals surface area (Å²) in [5, 5.41) is 5.61. The number of amides is 3. The number of nitrogens with one attached hydrogen (secondary N) is 2. The molecule has 8 heteroatoms. The number of methoxy groups -OCH3 is 1. The van der Waals surface area contributed by atoms with Gasteiger partial charge in [-0.2, -0.15) is 0 Å². The first kappa shape index (κ1) is 19.7. The van der Waals surface area contributed by atoms with Crippen LogP contribution < -0.4 is 20.3 Å². The van der Waals surface area contributed by atoms with Crippen LogP contribution in [0.1, 0.15) is 23.2 Å². The van der Waals surface area contributed by atoms with Gasteiger partial charge < -0.3 is 20.3 Å². The highest BCUT2D eigenvalue weighted by atomic mass is 35.5. The van der Waals surface area contributed by atoms with Crippen molar-refractivity contribution in [3.63, 3.8) is 0 Å². The molecule has 3 amide bonds. The van der Waals surface area contributed by atoms with Crippen LogP contribution in [0, 0.1) is 0 Å². The highest BCUT2D eigenvalue weighted by Crippen LogP contribution is 2.31. The summed E-state index contributed by atoms with van der Waals surface area (Å²) in [5.74, 6) is -0.172. The molecular formula is C20H20ClN3O4. The third kappa shape index (κ3) is 4.61. The van der Waals surface area contributed by atoms with Crippen LogP contribution >= 0.6 is 11.6 Å². The molecule has 0 atom stereocenters. The Hall–Kier alpha value is -3.06. The molecule has 2 aromatic carbocycles. The van der Waals surface area contributed by atoms with Crippen molar-refractivity contribution in [1.29, 1.82) is 0 Å². The van der Waals surface area contributed by atoms with Crippen LogP contribution in [0.4, 0.5) is 11.4 Å². The third-order valence-corrected chi connectivity index (χ3v) is 4.64. The second-order valence-electron chi connectivity index (χ2n) is 6.28. The molecule has 2 aromatic rings. The zero-order valence-electron chi connectivity index (χ0n) is 15.3. The molecule has 7 nitrogen and oxygen atoms in total. The Bertz CT molecular complexity index is 916. The highest BCUT2D eigenvalue weighted by molar-refractivity contribution is 6.34. The zero-order chi connectivity index (χ0) is 20.1. The minimum absolute atomic E-state index is 0.0407. The number of ether oxygens (including phenoxy) is 1. The molecule has 0 bridgehead atoms. The molecule has 146 valence electrons. The Morgan fingerprint density at radius 2 is 2.04 bits per heavy atom. The number of hydrogen-bond acceptors (Lipinski definition) is 4. The number of rotatable bonds is 6. The van der Waals surface area contributed by atoms with Crippen LogP contribution in [0.5, 0.6) is 5.75 Å². The minimum Gasteiger partial charge on any atom is -0.497 e. The van der Waals surface area contributed by atoms with Gasteiger partial charge in [0.2, 0.25) is 11.8 Å². The standard InChI is InChI=1S/C20H20ClN3O4/c1-28-15-5-2-4-13(10-15)20(27)22-12-18(25)23-14-7-8-17(16(21)11-14)24-9-3-6-19(24)26/h2,4-5,7-8,10-11H,3,6,9,12H2,1H3,(H,22,27)(H,23,25). The normalized spacial score (nSPS) is 13.4. The second-order valence-corrected chi connectivity index (χ2v) is 6.69. The van der Waals surface area contributed by atoms with Crippen LogP contribution in [0.15, 0.2) is 42.5 Å². The fourth-order valence-electron chi connectivity index (χ4n) is 2.94. The van der Waals surface area contributed by atoms with Gasteiger partial charge in [0.1, 0.15) is 5.75 Å². The molecule has 1 heterocycles. The molecule has 1 aliphatic heterocycles. The monoisotopic (exact) mass is 401 g/mol. The minimum atomic E-state index is -0.391. The number of carbonyl (C=O) groups is 3. The van der Waals surface area contributed by atoms with Crippen molar-refractivity contribution in [3.8, 4) is 5.75 Å². The van der Waals surface area contributed by atoms with Crippen LogP contribution in [0.3, 0.4) is 0 Å². The van der Waals surface area contributed by atoms with Gasteiger partial charge in [-0.25, -0.2) is 0 Å². The van der Waals surface area contributed by atoms with Crippen molar-refractivity contribution in [3.05, 3.63) is 53.1 Å². The summed E-state index contributed by atoms with van der Waals surface area (Å²) >= 11 is 6.27. The maximum atomic E-state index is 12.1. The average molecular weight is 402 g/mol. The van der Waals surface area contributed by atoms with Crippen LogP contribution in [0.25, 0.3) is 0 Å². The molecule has 0 aliphatic carbocycles. The number of benzene rings is 2. The van der Waals surface area contributed by atoms with Crippen molar-refractivity contribution in [2.75, 3.05) is 30.4 Å². The van der Waals surface area contributed by atoms with E-state index >= 15 is 0 Å². The molecule has 1 aliphatic rings. The lowest BCUT2D eigenvalue weighted by Gasteiger charge is -2.18. The smallest absolute Gasteiger partial charge is 0.251 e. The highest BCUT2D eigenvalue weighted by Gasteiger charge is 2.23. The summed E-state index contributed by atoms with van der Waals surface area (Å²) in [5.41, 5.74) is 1.52. The van der Waals surface area contributed by atoms with Gasteiger partial charge in [-0.05, 0) is 42.8 Å². The largest absolute Gasteiger partial charge is 0.497 e. The lowest BCUT2D eigenvalue weighted by molar-refractivity contribution is -0.117. The van der Waals surface area contributed by atoms with Crippen LogP contribution in [0.2, 0.25) is 5.02 Å². The summed E-state index contributed by atoms with van der Waals surface area (Å²) in [6.07, 6.45) is 1.32. The lowest BCUT2D eigenvalue weighted by atomic mass is 10.2. The van der Waals surface area contributed by atoms with Gasteiger partial charge in [-0.15, -0.1) is 0 Å². The van der Waals surface area contributed by atoms with Crippen LogP contribution in [-0.4, -0.2) is 37.9 Å². The number of anilines is 2. The number of carbonyl (C=O) groups excluding carboxylic acids is 3. The predicted molar refractivity (Wildman–Crippen MR) is 107 cm³/mol. The SMILES string of the molecule is COc1cccc(C(=O)NCC(=O)Nc2ccc(N3CCCC3=O)c(Cl)c2)c1. The van der Waals surface area contributed by atoms with Gasteiger partial charge >= 0.3 is 0 Å². The topological polar surface area (TPSA) is 87.7 Å². The van der Waals surface area contributed by atoms with Crippen LogP contribution in [-0.2, 0) is 9.59 Å². The number of hydrogen-bond donors (Lipinski definition) is 2. The first-order valence-corrected chi connectivity index (χ1v) is 9.18. The van der Waals surface area contributed by atoms with E-state index in [2.05, 4.69) is 10.6 Å². The fourth-order valence-corrected chi connectivity index (χ4v) is 3.22. The molecule has 3 rings (SSSR count). The molecule has 1 fully saturated rings. The Morgan fingerprint density at radius 1 is 1.21 bits per heavy atom. The quantitative estimate of drug-likeness (QED) is 0.779. The molecule has 0 saturated carbocycles. The molecule has 0 spiro atoms. The fraction of sp³-hybridized carbons (Fsp3) is 0.250. The Morgan fingerprint density at radius 3 is 2.71 bits per heavy atom. The van der Waals surface area contributed by atoms with Crippen molar-refractivity contribution in [1.82, 2.24) is 5.32 Å². The molecule has 2 N–H and O–H groups in total. The molecular weight excluding hydrogens is 382 g/mol. The van der Waals surface area contributed by atoms with Gasteiger partial charge in [-0.1, -0.05) is 17.7 Å². The summed E-state index contributed by atoms with van der Waals surface area (Å²) in [6, 6.07) is 11.6. The van der Waals surface area contributed by atoms with E-state index in [9.17, 15) is 14.4 Å². The first-order chi connectivity index (χ1) is 13.5. The number of halogens is 1. The van der Waals surface area contributed by atoms with E-state index in [1.54, 1.807) is 47.4 Å². The second kappa shape index (κ2) is 8.75. The van der Waals surface area contributed by atoms with Gasteiger partial charge in [0, 0.05) is 24.2 Å². The first-order valence-electron chi connectivity index (χ1n) is 8.80. The summed E-state index contributed by atoms with van der Waals surface area (Å²) in [7, 11) is 1.51. The van der Waals surface area contributed by atoms with Crippen molar-refractivity contribution in [2.45, 2.75) is 12.8 Å². The molecule has 28 heavy (non-hydrogen) atoms. The van der Waals surface area contributed by atoms with E-state index in [1.165, 1.54) is 7.11 Å². The maximum absolute atomic E-state index is 12.1. The summed E-state index contributed by atoms with van der Waals surface area (Å²) in [4.78, 5) is 37.7. The van der Waals surface area contributed by atoms with Gasteiger partial charge in [0.15, 0.2) is 0 Å². The summed E-state index contributed by atoms with van der Waals surface area (Å²) < 4.78 is 5.08. The van der Waals surface area contributed by atoms with E-state index in [0.29, 0.717) is 40.7 Å². The van der Waals surface area contributed by atoms with Crippen molar-refractivity contribution >= 4 is 40.7 Å². The number of nitrogens with zero attached hydrogens (tertiary/aromatic N) is 1. The van der Waals surface area contributed by atoms with Gasteiger partial charge in [0.05, 0.1) is 24.4 Å². The third-order valence-electron chi connectivity index (χ3n) is 4.34. The van der Waals surface area contributed by atoms with Gasteiger partial charge in [-0.3, -0.25) is 14.4 Å². The predicted octanol–water partition coefficient (Wildman–Crippen LogP) is 2.84. The average Bonchev–Trinajstić information content (AvgIpc) is 3.12. The maximum Gasteiger partial charge on any atom is 0.251 e. The van der Waals surface area contributed by atoms with E-state index in [0.717, 1.165) is 6.42 Å². The molecule has 0 aromatic heterocycles. The Balaban J connectivity index is 1.56.